The van der Waals surface area contributed by atoms with E-state index in [9.17, 15) is 70.3 Å². The number of ether oxygens (including phenoxy) is 1. The van der Waals surface area contributed by atoms with Gasteiger partial charge in [-0.2, -0.15) is 39.5 Å². The Morgan fingerprint density at radius 1 is 0.955 bits per heavy atom. The summed E-state index contributed by atoms with van der Waals surface area (Å²) < 4.78 is 199. The van der Waals surface area contributed by atoms with Crippen LogP contribution < -0.4 is 10.1 Å². The lowest BCUT2D eigenvalue weighted by atomic mass is 9.95. The average Bonchev–Trinajstić information content (AvgIpc) is 2.76. The monoisotopic (exact) mass is 697 g/mol. The number of nitrogens with one attached hydrogen (secondary N) is 1. The number of alkyl halides is 12. The predicted molar refractivity (Wildman–Crippen MR) is 129 cm³/mol. The summed E-state index contributed by atoms with van der Waals surface area (Å²) in [5.74, 6) is -11.5. The lowest BCUT2D eigenvalue weighted by Crippen LogP contribution is -2.40. The molecule has 0 saturated carbocycles. The van der Waals surface area contributed by atoms with Gasteiger partial charge in [0, 0.05) is 16.6 Å². The zero-order valence-electron chi connectivity index (χ0n) is 21.4. The number of sulfone groups is 1. The molecule has 2 aromatic rings. The molecule has 0 aromatic heterocycles. The molecule has 5 nitrogen and oxygen atoms in total. The molecule has 0 bridgehead atoms. The molecule has 0 radical (unpaired) electrons. The number of carbonyl (C=O) groups is 1. The van der Waals surface area contributed by atoms with Crippen molar-refractivity contribution in [3.8, 4) is 5.75 Å². The maximum Gasteiger partial charge on any atom is 0.573 e. The van der Waals surface area contributed by atoms with E-state index in [0.29, 0.717) is 24.3 Å². The van der Waals surface area contributed by atoms with Crippen LogP contribution >= 0.6 is 11.6 Å². The van der Waals surface area contributed by atoms with E-state index in [1.165, 1.54) is 0 Å². The van der Waals surface area contributed by atoms with Gasteiger partial charge in [0.15, 0.2) is 9.84 Å². The third-order valence-electron chi connectivity index (χ3n) is 5.26. The summed E-state index contributed by atoms with van der Waals surface area (Å²) in [5, 5.41) is 1.06. The molecular formula is C24H17ClF13NO4S. The number of benzene rings is 2. The van der Waals surface area contributed by atoms with Gasteiger partial charge in [-0.25, -0.2) is 12.8 Å². The molecule has 2 atom stereocenters. The van der Waals surface area contributed by atoms with Crippen LogP contribution in [0.2, 0.25) is 5.02 Å². The van der Waals surface area contributed by atoms with Crippen LogP contribution in [0.4, 0.5) is 57.1 Å². The Balaban J connectivity index is 2.49. The van der Waals surface area contributed by atoms with E-state index in [-0.39, 0.29) is 18.2 Å². The molecule has 20 heteroatoms. The smallest absolute Gasteiger partial charge is 0.406 e. The Bertz CT molecular complexity index is 1500. The van der Waals surface area contributed by atoms with Crippen LogP contribution in [0.15, 0.2) is 42.5 Å². The average molecular weight is 698 g/mol. The quantitative estimate of drug-likeness (QED) is 0.270. The maximum absolute atomic E-state index is 15.0. The van der Waals surface area contributed by atoms with Gasteiger partial charge in [-0.3, -0.25) is 4.79 Å². The number of carbonyl (C=O) groups excluding carboxylic acids is 1. The fraction of sp³-hybridized carbons (Fsp3) is 0.375. The highest BCUT2D eigenvalue weighted by molar-refractivity contribution is 7.91. The molecule has 0 saturated heterocycles. The molecule has 0 aliphatic rings. The summed E-state index contributed by atoms with van der Waals surface area (Å²) in [6.45, 7) is 0.869. The number of allylic oxidation sites excluding steroid dienone is 1. The van der Waals surface area contributed by atoms with Crippen molar-refractivity contribution in [2.45, 2.75) is 43.8 Å². The SMILES string of the molecule is CC(CS(=O)(=O)CC(F)(F)F)NC(=O)c1ccc(/C(F)=C/C(c2cc(Cl)cc(OC(F)(F)F)c2)C(F)(F)F)cc1C(F)(F)F. The van der Waals surface area contributed by atoms with Gasteiger partial charge in [0.2, 0.25) is 0 Å². The van der Waals surface area contributed by atoms with E-state index in [2.05, 4.69) is 4.74 Å². The first kappa shape index (κ1) is 37.0. The number of hydrogen-bond donors (Lipinski definition) is 1. The molecule has 0 aliphatic carbocycles. The molecular weight excluding hydrogens is 681 g/mol. The van der Waals surface area contributed by atoms with Crippen LogP contribution in [0, 0.1) is 0 Å². The molecule has 2 aromatic carbocycles. The topological polar surface area (TPSA) is 72.5 Å². The highest BCUT2D eigenvalue weighted by Gasteiger charge is 2.42. The van der Waals surface area contributed by atoms with Crippen LogP contribution in [-0.2, 0) is 16.0 Å². The van der Waals surface area contributed by atoms with E-state index in [0.717, 1.165) is 6.92 Å². The first-order valence-corrected chi connectivity index (χ1v) is 13.7. The van der Waals surface area contributed by atoms with E-state index in [1.807, 2.05) is 0 Å². The Morgan fingerprint density at radius 2 is 1.55 bits per heavy atom. The summed E-state index contributed by atoms with van der Waals surface area (Å²) in [7, 11) is -4.87. The number of amides is 1. The second-order valence-corrected chi connectivity index (χ2v) is 11.6. The Kier molecular flexibility index (Phi) is 10.9. The van der Waals surface area contributed by atoms with Gasteiger partial charge in [-0.15, -0.1) is 13.2 Å². The van der Waals surface area contributed by atoms with E-state index >= 15 is 0 Å². The fourth-order valence-electron chi connectivity index (χ4n) is 3.74. The molecule has 44 heavy (non-hydrogen) atoms. The molecule has 0 spiro atoms. The van der Waals surface area contributed by atoms with Crippen molar-refractivity contribution in [1.29, 1.82) is 0 Å². The summed E-state index contributed by atoms with van der Waals surface area (Å²) in [5.41, 5.74) is -5.46. The second-order valence-electron chi connectivity index (χ2n) is 9.10. The van der Waals surface area contributed by atoms with Crippen molar-refractivity contribution < 1.29 is 75.0 Å². The molecule has 0 fully saturated rings. The van der Waals surface area contributed by atoms with Gasteiger partial charge in [-0.1, -0.05) is 17.7 Å². The van der Waals surface area contributed by atoms with Gasteiger partial charge >= 0.3 is 24.9 Å². The number of hydrogen-bond acceptors (Lipinski definition) is 4. The minimum absolute atomic E-state index is 0.0740. The molecule has 0 heterocycles. The first-order valence-electron chi connectivity index (χ1n) is 11.5. The Morgan fingerprint density at radius 3 is 2.05 bits per heavy atom. The van der Waals surface area contributed by atoms with Crippen molar-refractivity contribution in [3.05, 3.63) is 69.8 Å². The highest BCUT2D eigenvalue weighted by atomic mass is 35.5. The summed E-state index contributed by atoms with van der Waals surface area (Å²) in [6.07, 6.45) is -21.6. The third-order valence-corrected chi connectivity index (χ3v) is 7.26. The summed E-state index contributed by atoms with van der Waals surface area (Å²) in [4.78, 5) is 12.4. The van der Waals surface area contributed by atoms with Gasteiger partial charge in [0.05, 0.1) is 16.9 Å². The van der Waals surface area contributed by atoms with E-state index in [1.54, 1.807) is 5.32 Å². The van der Waals surface area contributed by atoms with Crippen LogP contribution in [0.1, 0.15) is 39.9 Å². The Hall–Kier alpha value is -3.22. The van der Waals surface area contributed by atoms with Gasteiger partial charge in [-0.05, 0) is 48.9 Å². The molecule has 1 amide bonds. The van der Waals surface area contributed by atoms with Crippen molar-refractivity contribution in [3.63, 3.8) is 0 Å². The number of halogens is 14. The standard InChI is InChI=1S/C24H17ClF13NO4S/c1-11(9-44(41,42)10-21(27,28)29)39-20(40)16-3-2-12(6-18(16)23(33,34)35)19(26)8-17(22(30,31)32)13-4-14(25)7-15(5-13)43-24(36,37)38/h2-8,11,17H,9-10H2,1H3,(H,39,40)/b19-8-. The van der Waals surface area contributed by atoms with Crippen molar-refractivity contribution in [1.82, 2.24) is 5.32 Å². The minimum Gasteiger partial charge on any atom is -0.406 e. The molecule has 2 rings (SSSR count). The Labute approximate surface area is 244 Å². The molecule has 0 aliphatic heterocycles. The van der Waals surface area contributed by atoms with Gasteiger partial charge in [0.1, 0.15) is 23.2 Å². The molecule has 246 valence electrons. The van der Waals surface area contributed by atoms with Gasteiger partial charge < -0.3 is 10.1 Å². The van der Waals surface area contributed by atoms with Gasteiger partial charge in [0.25, 0.3) is 5.91 Å². The fourth-order valence-corrected chi connectivity index (χ4v) is 5.43. The number of rotatable bonds is 9. The largest absolute Gasteiger partial charge is 0.573 e. The molecule has 2 unspecified atom stereocenters. The third kappa shape index (κ3) is 11.4. The minimum atomic E-state index is -5.46. The van der Waals surface area contributed by atoms with Crippen LogP contribution in [-0.4, -0.2) is 50.6 Å². The van der Waals surface area contributed by atoms with Crippen LogP contribution in [0.25, 0.3) is 5.83 Å². The lowest BCUT2D eigenvalue weighted by molar-refractivity contribution is -0.274. The van der Waals surface area contributed by atoms with E-state index in [4.69, 9.17) is 11.6 Å². The van der Waals surface area contributed by atoms with E-state index < -0.39 is 103 Å². The van der Waals surface area contributed by atoms with Crippen molar-refractivity contribution in [2.75, 3.05) is 11.5 Å². The second kappa shape index (κ2) is 13.0. The predicted octanol–water partition coefficient (Wildman–Crippen LogP) is 8.01. The van der Waals surface area contributed by atoms with Crippen molar-refractivity contribution in [2.24, 2.45) is 0 Å². The van der Waals surface area contributed by atoms with Crippen molar-refractivity contribution >= 4 is 33.2 Å². The summed E-state index contributed by atoms with van der Waals surface area (Å²) >= 11 is 5.57. The zero-order chi connectivity index (χ0) is 34.1. The zero-order valence-corrected chi connectivity index (χ0v) is 23.0. The van der Waals surface area contributed by atoms with Crippen LogP contribution in [0.5, 0.6) is 5.75 Å². The molecule has 1 N–H and O–H groups in total. The van der Waals surface area contributed by atoms with Crippen LogP contribution in [0.3, 0.4) is 0 Å². The first-order chi connectivity index (χ1) is 19.7. The highest BCUT2D eigenvalue weighted by Crippen LogP contribution is 2.42. The summed E-state index contributed by atoms with van der Waals surface area (Å²) in [6, 6.07) is 0.264. The lowest BCUT2D eigenvalue weighted by Gasteiger charge is -2.20. The maximum atomic E-state index is 15.0. The normalized spacial score (nSPS) is 15.1.